The molecule has 2 aromatic carbocycles. The number of anilines is 1. The van der Waals surface area contributed by atoms with E-state index in [2.05, 4.69) is 74.5 Å². The van der Waals surface area contributed by atoms with Crippen molar-refractivity contribution < 1.29 is 0 Å². The Bertz CT molecular complexity index is 1140. The zero-order valence-electron chi connectivity index (χ0n) is 15.9. The molecule has 0 atom stereocenters. The van der Waals surface area contributed by atoms with Crippen LogP contribution in [0.2, 0.25) is 0 Å². The van der Waals surface area contributed by atoms with Crippen LogP contribution in [0, 0.1) is 0 Å². The summed E-state index contributed by atoms with van der Waals surface area (Å²) in [4.78, 5) is 15.6. The van der Waals surface area contributed by atoms with Crippen LogP contribution in [0.3, 0.4) is 0 Å². The number of rotatable bonds is 4. The minimum absolute atomic E-state index is 0.648. The van der Waals surface area contributed by atoms with Gasteiger partial charge in [-0.2, -0.15) is 0 Å². The van der Waals surface area contributed by atoms with E-state index < -0.39 is 0 Å². The summed E-state index contributed by atoms with van der Waals surface area (Å²) in [5, 5.41) is 0. The number of aromatic nitrogens is 2. The molecule has 29 heavy (non-hydrogen) atoms. The first-order valence-corrected chi connectivity index (χ1v) is 9.66. The number of hydrogen-bond acceptors (Lipinski definition) is 4. The Morgan fingerprint density at radius 3 is 2.48 bits per heavy atom. The minimum Gasteiger partial charge on any atom is -0.347 e. The van der Waals surface area contributed by atoms with Gasteiger partial charge in [-0.1, -0.05) is 48.5 Å². The predicted octanol–water partition coefficient (Wildman–Crippen LogP) is 5.21. The normalized spacial score (nSPS) is 12.6. The van der Waals surface area contributed by atoms with E-state index in [-0.39, 0.29) is 0 Å². The first-order chi connectivity index (χ1) is 14.4. The van der Waals surface area contributed by atoms with Crippen molar-refractivity contribution in [3.8, 4) is 22.4 Å². The van der Waals surface area contributed by atoms with Gasteiger partial charge >= 0.3 is 0 Å². The van der Waals surface area contributed by atoms with E-state index in [1.54, 1.807) is 6.20 Å². The highest BCUT2D eigenvalue weighted by Gasteiger charge is 2.16. The molecule has 1 aliphatic rings. The maximum atomic E-state index is 4.63. The second kappa shape index (κ2) is 7.68. The SMILES string of the molecule is C1=NCN(Cc2ccc(-c3cccnc3)nc2)c2cc(-c3ccccc3)ccc21. The molecule has 0 unspecified atom stereocenters. The molecule has 3 heterocycles. The van der Waals surface area contributed by atoms with Gasteiger partial charge < -0.3 is 4.90 Å². The van der Waals surface area contributed by atoms with Crippen LogP contribution >= 0.6 is 0 Å². The Labute approximate surface area is 170 Å². The van der Waals surface area contributed by atoms with E-state index in [1.165, 1.54) is 16.8 Å². The van der Waals surface area contributed by atoms with Crippen molar-refractivity contribution in [2.24, 2.45) is 4.99 Å². The van der Waals surface area contributed by atoms with E-state index in [9.17, 15) is 0 Å². The molecule has 5 rings (SSSR count). The lowest BCUT2D eigenvalue weighted by Crippen LogP contribution is -2.26. The fourth-order valence-electron chi connectivity index (χ4n) is 3.61. The highest BCUT2D eigenvalue weighted by molar-refractivity contribution is 5.91. The Morgan fingerprint density at radius 1 is 0.793 bits per heavy atom. The van der Waals surface area contributed by atoms with Gasteiger partial charge in [0.05, 0.1) is 5.69 Å². The van der Waals surface area contributed by atoms with Crippen molar-refractivity contribution in [3.05, 3.63) is 103 Å². The number of aliphatic imine (C=N–C) groups is 1. The minimum atomic E-state index is 0.648. The van der Waals surface area contributed by atoms with Gasteiger partial charge in [0.15, 0.2) is 0 Å². The van der Waals surface area contributed by atoms with E-state index in [4.69, 9.17) is 0 Å². The molecule has 0 amide bonds. The molecule has 4 nitrogen and oxygen atoms in total. The van der Waals surface area contributed by atoms with E-state index in [0.29, 0.717) is 6.67 Å². The Hall–Kier alpha value is -3.79. The Balaban J connectivity index is 1.41. The topological polar surface area (TPSA) is 41.4 Å². The lowest BCUT2D eigenvalue weighted by Gasteiger charge is -2.28. The summed E-state index contributed by atoms with van der Waals surface area (Å²) in [5.74, 6) is 0. The molecular weight excluding hydrogens is 356 g/mol. The predicted molar refractivity (Wildman–Crippen MR) is 118 cm³/mol. The molecule has 0 radical (unpaired) electrons. The van der Waals surface area contributed by atoms with Gasteiger partial charge in [-0.3, -0.25) is 15.0 Å². The lowest BCUT2D eigenvalue weighted by atomic mass is 10.0. The van der Waals surface area contributed by atoms with Gasteiger partial charge in [-0.15, -0.1) is 0 Å². The fraction of sp³-hybridized carbons (Fsp3) is 0.0800. The van der Waals surface area contributed by atoms with Gasteiger partial charge in [0.25, 0.3) is 0 Å². The zero-order chi connectivity index (χ0) is 19.5. The second-order valence-electron chi connectivity index (χ2n) is 7.08. The third-order valence-electron chi connectivity index (χ3n) is 5.12. The standard InChI is InChI=1S/C25H20N4/c1-2-5-20(6-3-1)21-9-10-23-16-27-18-29(25(23)13-21)17-19-8-11-24(28-14-19)22-7-4-12-26-15-22/h1-16H,17-18H2. The molecule has 0 aliphatic carbocycles. The second-order valence-corrected chi connectivity index (χ2v) is 7.08. The number of hydrogen-bond donors (Lipinski definition) is 0. The van der Waals surface area contributed by atoms with Gasteiger partial charge in [0.1, 0.15) is 6.67 Å². The van der Waals surface area contributed by atoms with Crippen LogP contribution < -0.4 is 4.90 Å². The molecule has 4 aromatic rings. The summed E-state index contributed by atoms with van der Waals surface area (Å²) in [7, 11) is 0. The van der Waals surface area contributed by atoms with Gasteiger partial charge in [0.2, 0.25) is 0 Å². The van der Waals surface area contributed by atoms with Gasteiger partial charge in [0, 0.05) is 48.2 Å². The first kappa shape index (κ1) is 17.3. The molecule has 0 fully saturated rings. The van der Waals surface area contributed by atoms with Crippen LogP contribution in [-0.4, -0.2) is 22.9 Å². The van der Waals surface area contributed by atoms with Crippen LogP contribution in [0.5, 0.6) is 0 Å². The average Bonchev–Trinajstić information content (AvgIpc) is 2.81. The molecular formula is C25H20N4. The first-order valence-electron chi connectivity index (χ1n) is 9.66. The van der Waals surface area contributed by atoms with Crippen molar-refractivity contribution in [1.29, 1.82) is 0 Å². The maximum Gasteiger partial charge on any atom is 0.110 e. The maximum absolute atomic E-state index is 4.63. The van der Waals surface area contributed by atoms with Crippen LogP contribution in [0.1, 0.15) is 11.1 Å². The summed E-state index contributed by atoms with van der Waals surface area (Å²) in [5.41, 5.74) is 7.92. The van der Waals surface area contributed by atoms with Crippen LogP contribution in [0.4, 0.5) is 5.69 Å². The molecule has 0 N–H and O–H groups in total. The Kier molecular flexibility index (Phi) is 4.59. The quantitative estimate of drug-likeness (QED) is 0.491. The van der Waals surface area contributed by atoms with Crippen LogP contribution in [0.15, 0.2) is 96.4 Å². The van der Waals surface area contributed by atoms with E-state index in [1.807, 2.05) is 36.8 Å². The molecule has 0 saturated carbocycles. The monoisotopic (exact) mass is 376 g/mol. The summed E-state index contributed by atoms with van der Waals surface area (Å²) in [6.45, 7) is 1.42. The number of nitrogens with zero attached hydrogens (tertiary/aromatic N) is 4. The molecule has 0 spiro atoms. The molecule has 2 aromatic heterocycles. The number of pyridine rings is 2. The molecule has 4 heteroatoms. The van der Waals surface area contributed by atoms with Crippen LogP contribution in [-0.2, 0) is 6.54 Å². The highest BCUT2D eigenvalue weighted by Crippen LogP contribution is 2.30. The van der Waals surface area contributed by atoms with Crippen molar-refractivity contribution in [3.63, 3.8) is 0 Å². The molecule has 1 aliphatic heterocycles. The van der Waals surface area contributed by atoms with Gasteiger partial charge in [-0.25, -0.2) is 0 Å². The van der Waals surface area contributed by atoms with Crippen molar-refractivity contribution in [2.75, 3.05) is 11.6 Å². The summed E-state index contributed by atoms with van der Waals surface area (Å²) in [6, 6.07) is 25.2. The zero-order valence-corrected chi connectivity index (χ0v) is 15.9. The highest BCUT2D eigenvalue weighted by atomic mass is 15.2. The third kappa shape index (κ3) is 3.65. The molecule has 0 saturated heterocycles. The van der Waals surface area contributed by atoms with Crippen LogP contribution in [0.25, 0.3) is 22.4 Å². The fourth-order valence-corrected chi connectivity index (χ4v) is 3.61. The number of fused-ring (bicyclic) bond motifs is 1. The van der Waals surface area contributed by atoms with Crippen molar-refractivity contribution in [1.82, 2.24) is 9.97 Å². The summed E-state index contributed by atoms with van der Waals surface area (Å²) >= 11 is 0. The summed E-state index contributed by atoms with van der Waals surface area (Å²) in [6.07, 6.45) is 7.52. The van der Waals surface area contributed by atoms with Crippen molar-refractivity contribution >= 4 is 11.9 Å². The number of benzene rings is 2. The Morgan fingerprint density at radius 2 is 1.69 bits per heavy atom. The van der Waals surface area contributed by atoms with Crippen molar-refractivity contribution in [2.45, 2.75) is 6.54 Å². The van der Waals surface area contributed by atoms with E-state index >= 15 is 0 Å². The average molecular weight is 376 g/mol. The molecule has 140 valence electrons. The summed E-state index contributed by atoms with van der Waals surface area (Å²) < 4.78 is 0. The smallest absolute Gasteiger partial charge is 0.110 e. The largest absolute Gasteiger partial charge is 0.347 e. The van der Waals surface area contributed by atoms with E-state index in [0.717, 1.165) is 28.9 Å². The lowest BCUT2D eigenvalue weighted by molar-refractivity contribution is 0.803. The molecule has 0 bridgehead atoms. The van der Waals surface area contributed by atoms with Gasteiger partial charge in [-0.05, 0) is 41.0 Å². The third-order valence-corrected chi connectivity index (χ3v) is 5.12.